The first-order valence-electron chi connectivity index (χ1n) is 6.20. The average molecular weight is 298 g/mol. The van der Waals surface area contributed by atoms with Crippen molar-refractivity contribution in [3.8, 4) is 0 Å². The normalized spacial score (nSPS) is 18.7. The van der Waals surface area contributed by atoms with Crippen molar-refractivity contribution in [3.63, 3.8) is 0 Å². The van der Waals surface area contributed by atoms with E-state index in [0.717, 1.165) is 22.6 Å². The van der Waals surface area contributed by atoms with Crippen molar-refractivity contribution >= 4 is 34.9 Å². The third kappa shape index (κ3) is 2.79. The van der Waals surface area contributed by atoms with Gasteiger partial charge in [0.25, 0.3) is 5.91 Å². The van der Waals surface area contributed by atoms with Crippen LogP contribution >= 0.6 is 23.1 Å². The van der Waals surface area contributed by atoms with Crippen LogP contribution < -0.4 is 0 Å². The summed E-state index contributed by atoms with van der Waals surface area (Å²) >= 11 is 3.03. The first-order valence-corrected chi connectivity index (χ1v) is 8.30. The molecule has 1 unspecified atom stereocenters. The van der Waals surface area contributed by atoms with E-state index in [0.29, 0.717) is 6.54 Å². The number of hydrogen-bond donors (Lipinski definition) is 0. The van der Waals surface area contributed by atoms with Gasteiger partial charge in [-0.3, -0.25) is 9.59 Å². The molecule has 2 amide bonds. The van der Waals surface area contributed by atoms with Crippen molar-refractivity contribution in [2.24, 2.45) is 0 Å². The second-order valence-corrected chi connectivity index (χ2v) is 6.47. The van der Waals surface area contributed by atoms with Crippen LogP contribution in [0, 0.1) is 0 Å². The molecule has 104 valence electrons. The zero-order valence-corrected chi connectivity index (χ0v) is 13.0. The molecule has 6 heteroatoms. The third-order valence-corrected chi connectivity index (χ3v) is 5.09. The highest BCUT2D eigenvalue weighted by Gasteiger charge is 2.36. The van der Waals surface area contributed by atoms with Gasteiger partial charge < -0.3 is 9.80 Å². The predicted octanol–water partition coefficient (Wildman–Crippen LogP) is 2.16. The van der Waals surface area contributed by atoms with Crippen molar-refractivity contribution in [1.82, 2.24) is 9.80 Å². The summed E-state index contributed by atoms with van der Waals surface area (Å²) in [5.74, 6) is 0.0187. The minimum atomic E-state index is -0.292. The maximum atomic E-state index is 12.6. The van der Waals surface area contributed by atoms with Crippen LogP contribution in [0.5, 0.6) is 0 Å². The summed E-state index contributed by atoms with van der Waals surface area (Å²) in [6.07, 6.45) is 3.63. The van der Waals surface area contributed by atoms with Crippen LogP contribution in [0.2, 0.25) is 0 Å². The molecule has 0 bridgehead atoms. The Hall–Kier alpha value is -1.01. The molecule has 1 aliphatic heterocycles. The Balaban J connectivity index is 2.21. The van der Waals surface area contributed by atoms with Gasteiger partial charge in [-0.05, 0) is 30.5 Å². The number of nitrogens with zero attached hydrogens (tertiary/aromatic N) is 2. The van der Waals surface area contributed by atoms with E-state index < -0.39 is 0 Å². The van der Waals surface area contributed by atoms with Crippen molar-refractivity contribution in [2.75, 3.05) is 26.9 Å². The van der Waals surface area contributed by atoms with Gasteiger partial charge in [0.1, 0.15) is 10.9 Å². The first kappa shape index (κ1) is 14.4. The molecule has 1 aromatic rings. The van der Waals surface area contributed by atoms with Crippen LogP contribution in [0.25, 0.3) is 0 Å². The Bertz CT molecular complexity index is 485. The topological polar surface area (TPSA) is 40.6 Å². The number of thioether (sulfide) groups is 1. The molecule has 2 rings (SSSR count). The molecular weight excluding hydrogens is 280 g/mol. The molecule has 1 saturated heterocycles. The van der Waals surface area contributed by atoms with E-state index in [-0.39, 0.29) is 17.9 Å². The maximum Gasteiger partial charge on any atom is 0.265 e. The maximum absolute atomic E-state index is 12.6. The molecule has 0 aromatic carbocycles. The van der Waals surface area contributed by atoms with Crippen LogP contribution in [0.15, 0.2) is 16.3 Å². The van der Waals surface area contributed by atoms with Crippen LogP contribution in [0.3, 0.4) is 0 Å². The second kappa shape index (κ2) is 5.96. The van der Waals surface area contributed by atoms with E-state index in [1.54, 1.807) is 35.7 Å². The van der Waals surface area contributed by atoms with Crippen molar-refractivity contribution < 1.29 is 9.59 Å². The molecule has 1 fully saturated rings. The number of hydrogen-bond acceptors (Lipinski definition) is 4. The highest BCUT2D eigenvalue weighted by molar-refractivity contribution is 7.98. The fraction of sp³-hybridized carbons (Fsp3) is 0.538. The molecule has 0 N–H and O–H groups in total. The molecule has 1 atom stereocenters. The Labute approximate surface area is 121 Å². The minimum Gasteiger partial charge on any atom is -0.347 e. The smallest absolute Gasteiger partial charge is 0.265 e. The van der Waals surface area contributed by atoms with Crippen LogP contribution in [-0.2, 0) is 4.79 Å². The average Bonchev–Trinajstić information content (AvgIpc) is 3.05. The lowest BCUT2D eigenvalue weighted by Gasteiger charge is -2.26. The third-order valence-electron chi connectivity index (χ3n) is 3.28. The summed E-state index contributed by atoms with van der Waals surface area (Å²) in [7, 11) is 3.48. The Morgan fingerprint density at radius 2 is 2.21 bits per heavy atom. The van der Waals surface area contributed by atoms with Crippen LogP contribution in [0.4, 0.5) is 0 Å². The van der Waals surface area contributed by atoms with Gasteiger partial charge in [0, 0.05) is 25.5 Å². The van der Waals surface area contributed by atoms with Gasteiger partial charge in [0.15, 0.2) is 0 Å². The molecule has 1 aromatic heterocycles. The van der Waals surface area contributed by atoms with Crippen LogP contribution in [0.1, 0.15) is 22.5 Å². The summed E-state index contributed by atoms with van der Waals surface area (Å²) in [6, 6.07) is 1.67. The summed E-state index contributed by atoms with van der Waals surface area (Å²) in [4.78, 5) is 29.7. The van der Waals surface area contributed by atoms with Crippen molar-refractivity contribution in [1.29, 1.82) is 0 Å². The van der Waals surface area contributed by atoms with Gasteiger partial charge in [-0.1, -0.05) is 0 Å². The Morgan fingerprint density at radius 3 is 2.84 bits per heavy atom. The minimum absolute atomic E-state index is 0.00273. The van der Waals surface area contributed by atoms with Gasteiger partial charge >= 0.3 is 0 Å². The second-order valence-electron chi connectivity index (χ2n) is 4.71. The number of likely N-dealkylation sites (tertiary alicyclic amines) is 1. The molecule has 0 spiro atoms. The molecule has 4 nitrogen and oxygen atoms in total. The van der Waals surface area contributed by atoms with E-state index in [2.05, 4.69) is 0 Å². The molecule has 1 aliphatic rings. The lowest BCUT2D eigenvalue weighted by molar-refractivity contribution is -0.132. The van der Waals surface area contributed by atoms with Crippen LogP contribution in [-0.4, -0.2) is 54.6 Å². The van der Waals surface area contributed by atoms with E-state index in [9.17, 15) is 9.59 Å². The number of amides is 2. The van der Waals surface area contributed by atoms with E-state index >= 15 is 0 Å². The largest absolute Gasteiger partial charge is 0.347 e. The number of carbonyl (C=O) groups excluding carboxylic acids is 2. The molecule has 0 saturated carbocycles. The first-order chi connectivity index (χ1) is 9.06. The summed E-state index contributed by atoms with van der Waals surface area (Å²) in [5, 5.41) is 1.93. The molecule has 19 heavy (non-hydrogen) atoms. The summed E-state index contributed by atoms with van der Waals surface area (Å²) in [5.41, 5.74) is 0. The van der Waals surface area contributed by atoms with Gasteiger partial charge in [-0.25, -0.2) is 0 Å². The predicted molar refractivity (Wildman–Crippen MR) is 78.9 cm³/mol. The highest BCUT2D eigenvalue weighted by Crippen LogP contribution is 2.30. The number of thiophene rings is 1. The standard InChI is InChI=1S/C13H18N2O2S2/c1-14(2)12(16)9-5-4-7-15(9)13(17)11-10(18-3)6-8-19-11/h6,8-9H,4-5,7H2,1-3H3. The number of rotatable bonds is 3. The fourth-order valence-corrected chi connectivity index (χ4v) is 4.01. The van der Waals surface area contributed by atoms with Gasteiger partial charge in [-0.15, -0.1) is 23.1 Å². The van der Waals surface area contributed by atoms with Gasteiger partial charge in [-0.2, -0.15) is 0 Å². The van der Waals surface area contributed by atoms with Gasteiger partial charge in [0.05, 0.1) is 0 Å². The quantitative estimate of drug-likeness (QED) is 0.803. The lowest BCUT2D eigenvalue weighted by Crippen LogP contribution is -2.45. The highest BCUT2D eigenvalue weighted by atomic mass is 32.2. The Kier molecular flexibility index (Phi) is 4.52. The van der Waals surface area contributed by atoms with E-state index in [4.69, 9.17) is 0 Å². The van der Waals surface area contributed by atoms with E-state index in [1.807, 2.05) is 17.7 Å². The molecular formula is C13H18N2O2S2. The monoisotopic (exact) mass is 298 g/mol. The van der Waals surface area contributed by atoms with Crippen molar-refractivity contribution in [2.45, 2.75) is 23.8 Å². The summed E-state index contributed by atoms with van der Waals surface area (Å²) < 4.78 is 0. The summed E-state index contributed by atoms with van der Waals surface area (Å²) in [6.45, 7) is 0.675. The SMILES string of the molecule is CSc1ccsc1C(=O)N1CCCC1C(=O)N(C)C. The Morgan fingerprint density at radius 1 is 1.47 bits per heavy atom. The van der Waals surface area contributed by atoms with Gasteiger partial charge in [0.2, 0.25) is 5.91 Å². The van der Waals surface area contributed by atoms with E-state index in [1.165, 1.54) is 11.3 Å². The molecule has 0 radical (unpaired) electrons. The number of likely N-dealkylation sites (N-methyl/N-ethyl adjacent to an activating group) is 1. The molecule has 2 heterocycles. The van der Waals surface area contributed by atoms with Crippen molar-refractivity contribution in [3.05, 3.63) is 16.3 Å². The zero-order valence-electron chi connectivity index (χ0n) is 11.4. The lowest BCUT2D eigenvalue weighted by atomic mass is 10.2. The zero-order chi connectivity index (χ0) is 14.0. The number of carbonyl (C=O) groups is 2. The molecule has 0 aliphatic carbocycles. The fourth-order valence-electron chi connectivity index (χ4n) is 2.31.